The Morgan fingerprint density at radius 2 is 1.90 bits per heavy atom. The molecule has 0 bridgehead atoms. The molecule has 0 aliphatic carbocycles. The standard InChI is InChI=1S/C13H8Cl2N2O4/c14-8-3-7(4-10(18)5-8)13(19)16-12-2-1-9(17(20)21)6-11(12)15/h1-6,18H,(H,16,19). The third kappa shape index (κ3) is 3.62. The fraction of sp³-hybridized carbons (Fsp3) is 0. The number of anilines is 1. The Kier molecular flexibility index (Phi) is 4.30. The molecule has 0 radical (unpaired) electrons. The lowest BCUT2D eigenvalue weighted by Crippen LogP contribution is -2.12. The zero-order chi connectivity index (χ0) is 15.6. The van der Waals surface area contributed by atoms with Gasteiger partial charge in [0.1, 0.15) is 5.75 Å². The van der Waals surface area contributed by atoms with Gasteiger partial charge < -0.3 is 10.4 Å². The predicted octanol–water partition coefficient (Wildman–Crippen LogP) is 3.86. The first-order valence-corrected chi connectivity index (χ1v) is 6.37. The highest BCUT2D eigenvalue weighted by Crippen LogP contribution is 2.27. The number of aromatic hydroxyl groups is 1. The molecule has 2 rings (SSSR count). The average molecular weight is 327 g/mol. The van der Waals surface area contributed by atoms with Crippen LogP contribution in [0.2, 0.25) is 10.0 Å². The molecule has 0 saturated carbocycles. The lowest BCUT2D eigenvalue weighted by atomic mass is 10.2. The second kappa shape index (κ2) is 5.99. The highest BCUT2D eigenvalue weighted by Gasteiger charge is 2.13. The van der Waals surface area contributed by atoms with Gasteiger partial charge in [0.05, 0.1) is 15.6 Å². The fourth-order valence-electron chi connectivity index (χ4n) is 1.62. The van der Waals surface area contributed by atoms with Crippen LogP contribution in [0.15, 0.2) is 36.4 Å². The van der Waals surface area contributed by atoms with E-state index in [1.165, 1.54) is 30.3 Å². The molecular formula is C13H8Cl2N2O4. The van der Waals surface area contributed by atoms with Crippen molar-refractivity contribution < 1.29 is 14.8 Å². The van der Waals surface area contributed by atoms with Gasteiger partial charge in [-0.15, -0.1) is 0 Å². The summed E-state index contributed by atoms with van der Waals surface area (Å²) in [5, 5.41) is 22.7. The molecule has 0 aliphatic heterocycles. The molecule has 0 saturated heterocycles. The highest BCUT2D eigenvalue weighted by atomic mass is 35.5. The number of halogens is 2. The molecule has 2 aromatic rings. The zero-order valence-corrected chi connectivity index (χ0v) is 11.9. The molecule has 1 amide bonds. The van der Waals surface area contributed by atoms with Crippen LogP contribution in [0.3, 0.4) is 0 Å². The van der Waals surface area contributed by atoms with Gasteiger partial charge in [0.2, 0.25) is 0 Å². The van der Waals surface area contributed by atoms with Crippen molar-refractivity contribution >= 4 is 40.5 Å². The zero-order valence-electron chi connectivity index (χ0n) is 10.3. The van der Waals surface area contributed by atoms with Crippen molar-refractivity contribution in [3.8, 4) is 5.75 Å². The quantitative estimate of drug-likeness (QED) is 0.661. The molecule has 0 aliphatic rings. The van der Waals surface area contributed by atoms with Gasteiger partial charge in [-0.3, -0.25) is 14.9 Å². The Bertz CT molecular complexity index is 714. The van der Waals surface area contributed by atoms with E-state index in [9.17, 15) is 20.0 Å². The van der Waals surface area contributed by atoms with Gasteiger partial charge in [-0.25, -0.2) is 0 Å². The third-order valence-electron chi connectivity index (χ3n) is 2.56. The molecular weight excluding hydrogens is 319 g/mol. The first-order chi connectivity index (χ1) is 9.86. The van der Waals surface area contributed by atoms with Crippen molar-refractivity contribution in [1.82, 2.24) is 0 Å². The van der Waals surface area contributed by atoms with Crippen molar-refractivity contribution in [2.24, 2.45) is 0 Å². The number of hydrogen-bond donors (Lipinski definition) is 2. The maximum atomic E-state index is 12.0. The number of carbonyl (C=O) groups excluding carboxylic acids is 1. The molecule has 6 nitrogen and oxygen atoms in total. The third-order valence-corrected chi connectivity index (χ3v) is 3.09. The van der Waals surface area contributed by atoms with E-state index in [-0.39, 0.29) is 32.7 Å². The Morgan fingerprint density at radius 1 is 1.19 bits per heavy atom. The molecule has 0 aromatic heterocycles. The second-order valence-corrected chi connectivity index (χ2v) is 4.92. The number of nitrogens with one attached hydrogen (secondary N) is 1. The van der Waals surface area contributed by atoms with Crippen LogP contribution in [0.4, 0.5) is 11.4 Å². The van der Waals surface area contributed by atoms with E-state index in [0.717, 1.165) is 6.07 Å². The minimum absolute atomic E-state index is 0.0313. The van der Waals surface area contributed by atoms with Crippen LogP contribution in [0.5, 0.6) is 5.75 Å². The molecule has 0 fully saturated rings. The van der Waals surface area contributed by atoms with Crippen molar-refractivity contribution in [3.05, 3.63) is 62.1 Å². The number of phenolic OH excluding ortho intramolecular Hbond substituents is 1. The minimum Gasteiger partial charge on any atom is -0.508 e. The summed E-state index contributed by atoms with van der Waals surface area (Å²) in [5.74, 6) is -0.703. The van der Waals surface area contributed by atoms with Crippen LogP contribution >= 0.6 is 23.2 Å². The number of non-ortho nitro benzene ring substituents is 1. The topological polar surface area (TPSA) is 92.5 Å². The van der Waals surface area contributed by atoms with Gasteiger partial charge in [0, 0.05) is 22.7 Å². The van der Waals surface area contributed by atoms with E-state index in [0.29, 0.717) is 0 Å². The van der Waals surface area contributed by atoms with Crippen LogP contribution in [0.25, 0.3) is 0 Å². The van der Waals surface area contributed by atoms with Crippen molar-refractivity contribution in [2.75, 3.05) is 5.32 Å². The Morgan fingerprint density at radius 3 is 2.48 bits per heavy atom. The summed E-state index contributed by atoms with van der Waals surface area (Å²) >= 11 is 11.6. The van der Waals surface area contributed by atoms with Crippen LogP contribution in [-0.4, -0.2) is 15.9 Å². The van der Waals surface area contributed by atoms with Gasteiger partial charge in [-0.2, -0.15) is 0 Å². The van der Waals surface area contributed by atoms with E-state index < -0.39 is 10.8 Å². The number of rotatable bonds is 3. The van der Waals surface area contributed by atoms with Crippen LogP contribution < -0.4 is 5.32 Å². The van der Waals surface area contributed by atoms with E-state index in [1.807, 2.05) is 0 Å². The van der Waals surface area contributed by atoms with Gasteiger partial charge in [0.25, 0.3) is 11.6 Å². The normalized spacial score (nSPS) is 10.2. The summed E-state index contributed by atoms with van der Waals surface area (Å²) in [6.45, 7) is 0. The molecule has 0 spiro atoms. The van der Waals surface area contributed by atoms with E-state index in [4.69, 9.17) is 23.2 Å². The summed E-state index contributed by atoms with van der Waals surface area (Å²) < 4.78 is 0. The molecule has 2 aromatic carbocycles. The number of carbonyl (C=O) groups is 1. The van der Waals surface area contributed by atoms with Crippen molar-refractivity contribution in [2.45, 2.75) is 0 Å². The number of nitro benzene ring substituents is 1. The van der Waals surface area contributed by atoms with Crippen LogP contribution in [-0.2, 0) is 0 Å². The summed E-state index contributed by atoms with van der Waals surface area (Å²) in [5.41, 5.74) is 0.166. The number of nitro groups is 1. The van der Waals surface area contributed by atoms with Gasteiger partial charge >= 0.3 is 0 Å². The number of hydrogen-bond acceptors (Lipinski definition) is 4. The molecule has 108 valence electrons. The molecule has 21 heavy (non-hydrogen) atoms. The highest BCUT2D eigenvalue weighted by molar-refractivity contribution is 6.34. The minimum atomic E-state index is -0.591. The monoisotopic (exact) mass is 326 g/mol. The Hall–Kier alpha value is -2.31. The fourth-order valence-corrected chi connectivity index (χ4v) is 2.07. The maximum absolute atomic E-state index is 12.0. The van der Waals surface area contributed by atoms with Gasteiger partial charge in [0.15, 0.2) is 0 Å². The summed E-state index contributed by atoms with van der Waals surface area (Å²) in [6.07, 6.45) is 0. The number of amides is 1. The number of benzene rings is 2. The van der Waals surface area contributed by atoms with E-state index in [2.05, 4.69) is 5.32 Å². The predicted molar refractivity (Wildman–Crippen MR) is 79.2 cm³/mol. The molecule has 0 atom stereocenters. The Balaban J connectivity index is 2.25. The smallest absolute Gasteiger partial charge is 0.271 e. The van der Waals surface area contributed by atoms with Crippen LogP contribution in [0, 0.1) is 10.1 Å². The summed E-state index contributed by atoms with van der Waals surface area (Å²) in [7, 11) is 0. The lowest BCUT2D eigenvalue weighted by Gasteiger charge is -2.08. The summed E-state index contributed by atoms with van der Waals surface area (Å²) in [4.78, 5) is 22.0. The van der Waals surface area contributed by atoms with E-state index in [1.54, 1.807) is 0 Å². The lowest BCUT2D eigenvalue weighted by molar-refractivity contribution is -0.384. The SMILES string of the molecule is O=C(Nc1ccc([N+](=O)[O-])cc1Cl)c1cc(O)cc(Cl)c1. The molecule has 2 N–H and O–H groups in total. The summed E-state index contributed by atoms with van der Waals surface area (Å²) in [6, 6.07) is 7.57. The molecule has 0 heterocycles. The molecule has 8 heteroatoms. The average Bonchev–Trinajstić information content (AvgIpc) is 2.39. The van der Waals surface area contributed by atoms with Gasteiger partial charge in [-0.05, 0) is 24.3 Å². The second-order valence-electron chi connectivity index (χ2n) is 4.07. The largest absolute Gasteiger partial charge is 0.508 e. The van der Waals surface area contributed by atoms with Gasteiger partial charge in [-0.1, -0.05) is 23.2 Å². The maximum Gasteiger partial charge on any atom is 0.271 e. The number of phenols is 1. The Labute approximate surface area is 129 Å². The first kappa shape index (κ1) is 15.1. The molecule has 0 unspecified atom stereocenters. The van der Waals surface area contributed by atoms with Crippen LogP contribution in [0.1, 0.15) is 10.4 Å². The number of nitrogens with zero attached hydrogens (tertiary/aromatic N) is 1. The van der Waals surface area contributed by atoms with E-state index >= 15 is 0 Å². The van der Waals surface area contributed by atoms with Crippen molar-refractivity contribution in [1.29, 1.82) is 0 Å². The first-order valence-electron chi connectivity index (χ1n) is 5.61. The van der Waals surface area contributed by atoms with Crippen molar-refractivity contribution in [3.63, 3.8) is 0 Å².